The summed E-state index contributed by atoms with van der Waals surface area (Å²) in [7, 11) is 0. The van der Waals surface area contributed by atoms with E-state index in [1.54, 1.807) is 21.3 Å². The van der Waals surface area contributed by atoms with Gasteiger partial charge in [-0.25, -0.2) is 4.79 Å². The summed E-state index contributed by atoms with van der Waals surface area (Å²) < 4.78 is 10.2. The third-order valence-electron chi connectivity index (χ3n) is 7.32. The number of carboxylic acid groups (broad SMARTS) is 7. The summed E-state index contributed by atoms with van der Waals surface area (Å²) in [5, 5.41) is 78.8. The smallest absolute Gasteiger partial charge is 0.326 e. The van der Waals surface area contributed by atoms with Crippen LogP contribution in [0.2, 0.25) is 0 Å². The monoisotopic (exact) mass is 893 g/mol. The van der Waals surface area contributed by atoms with Gasteiger partial charge < -0.3 is 77.1 Å². The summed E-state index contributed by atoms with van der Waals surface area (Å²) in [5.41, 5.74) is 8.20. The molecule has 0 aromatic carbocycles. The summed E-state index contributed by atoms with van der Waals surface area (Å²) >= 11 is 0. The van der Waals surface area contributed by atoms with Crippen molar-refractivity contribution in [3.63, 3.8) is 0 Å². The Morgan fingerprint density at radius 1 is 0.419 bits per heavy atom. The number of rotatable bonds is 33. The van der Waals surface area contributed by atoms with Crippen LogP contribution >= 0.6 is 0 Å². The second-order valence-corrected chi connectivity index (χ2v) is 12.3. The summed E-state index contributed by atoms with van der Waals surface area (Å²) in [5.74, 6) is -21.5. The second kappa shape index (κ2) is 28.7. The van der Waals surface area contributed by atoms with Crippen molar-refractivity contribution < 1.29 is 108 Å². The predicted octanol–water partition coefficient (Wildman–Crippen LogP) is -5.44. The third-order valence-corrected chi connectivity index (χ3v) is 7.32. The fraction of sp³-hybridized carbons (Fsp3) is 0.581. The number of carboxylic acids is 7. The van der Waals surface area contributed by atoms with Crippen LogP contribution in [-0.4, -0.2) is 182 Å². The molecule has 31 nitrogen and oxygen atoms in total. The Morgan fingerprint density at radius 2 is 0.694 bits per heavy atom. The van der Waals surface area contributed by atoms with E-state index in [4.69, 9.17) is 20.1 Å². The van der Waals surface area contributed by atoms with E-state index in [0.717, 1.165) is 0 Å². The molecule has 0 saturated carbocycles. The number of nitrogens with zero attached hydrogens (tertiary/aromatic N) is 3. The second-order valence-electron chi connectivity index (χ2n) is 12.3. The van der Waals surface area contributed by atoms with Crippen molar-refractivity contribution in [2.45, 2.75) is 81.2 Å². The number of aliphatic carboxylic acids is 7. The van der Waals surface area contributed by atoms with Crippen molar-refractivity contribution in [2.75, 3.05) is 33.0 Å². The minimum atomic E-state index is -2.33. The van der Waals surface area contributed by atoms with Crippen molar-refractivity contribution in [1.82, 2.24) is 31.9 Å². The maximum absolute atomic E-state index is 13.2. The SMILES string of the molecule is [N-]=[N+]=NCCOCCOCCC(=O)NC(CC(=O)O)C(=O)NC(CC(=O)O)C(=O)NC(CC(=O)O)C(=O)NC(CC(=O)O)C(=O)NC(CC(=O)O)C(=O)NC(CC(=O)O)C(=O)O. The van der Waals surface area contributed by atoms with Crippen LogP contribution in [0.3, 0.4) is 0 Å². The van der Waals surface area contributed by atoms with Crippen LogP contribution in [0.25, 0.3) is 10.4 Å². The number of azide groups is 1. The highest BCUT2D eigenvalue weighted by molar-refractivity contribution is 6.00. The van der Waals surface area contributed by atoms with Gasteiger partial charge in [0.05, 0.1) is 65.0 Å². The zero-order chi connectivity index (χ0) is 47.5. The molecule has 6 amide bonds. The van der Waals surface area contributed by atoms with E-state index in [1.165, 1.54) is 0 Å². The van der Waals surface area contributed by atoms with Crippen molar-refractivity contribution in [1.29, 1.82) is 0 Å². The van der Waals surface area contributed by atoms with Gasteiger partial charge in [-0.2, -0.15) is 0 Å². The molecule has 0 rings (SSSR count). The molecule has 0 heterocycles. The topological polar surface area (TPSA) is 503 Å². The Balaban J connectivity index is 6.14. The average Bonchev–Trinajstić information content (AvgIpc) is 3.14. The van der Waals surface area contributed by atoms with Crippen LogP contribution in [0, 0.1) is 0 Å². The molecule has 0 saturated heterocycles. The molecule has 0 aromatic heterocycles. The quantitative estimate of drug-likeness (QED) is 0.0126. The first-order valence-corrected chi connectivity index (χ1v) is 17.5. The number of hydrogen-bond acceptors (Lipinski definition) is 16. The Labute approximate surface area is 346 Å². The average molecular weight is 894 g/mol. The van der Waals surface area contributed by atoms with E-state index in [0.29, 0.717) is 0 Å². The van der Waals surface area contributed by atoms with Crippen LogP contribution < -0.4 is 31.9 Å². The van der Waals surface area contributed by atoms with E-state index in [-0.39, 0.29) is 33.0 Å². The molecule has 6 atom stereocenters. The van der Waals surface area contributed by atoms with Gasteiger partial charge in [0, 0.05) is 17.9 Å². The van der Waals surface area contributed by atoms with Crippen LogP contribution in [0.15, 0.2) is 5.11 Å². The zero-order valence-electron chi connectivity index (χ0n) is 32.0. The lowest BCUT2D eigenvalue weighted by Crippen LogP contribution is -2.60. The number of ether oxygens (including phenoxy) is 2. The molecule has 62 heavy (non-hydrogen) atoms. The molecule has 0 spiro atoms. The Hall–Kier alpha value is -7.66. The normalized spacial score (nSPS) is 13.4. The molecule has 0 aliphatic rings. The molecule has 0 radical (unpaired) electrons. The third kappa shape index (κ3) is 24.3. The van der Waals surface area contributed by atoms with Crippen molar-refractivity contribution in [3.8, 4) is 0 Å². The Morgan fingerprint density at radius 3 is 0.984 bits per heavy atom. The number of carbonyl (C=O) groups is 13. The van der Waals surface area contributed by atoms with Crippen LogP contribution in [0.5, 0.6) is 0 Å². The van der Waals surface area contributed by atoms with Crippen LogP contribution in [0.4, 0.5) is 0 Å². The minimum Gasteiger partial charge on any atom is -0.481 e. The lowest BCUT2D eigenvalue weighted by Gasteiger charge is -2.26. The van der Waals surface area contributed by atoms with Crippen molar-refractivity contribution in [2.24, 2.45) is 5.11 Å². The molecule has 344 valence electrons. The summed E-state index contributed by atoms with van der Waals surface area (Å²) in [6.07, 6.45) is -8.15. The zero-order valence-corrected chi connectivity index (χ0v) is 32.0. The summed E-state index contributed by atoms with van der Waals surface area (Å²) in [6.45, 7) is -0.109. The van der Waals surface area contributed by atoms with E-state index in [2.05, 4.69) is 15.3 Å². The van der Waals surface area contributed by atoms with Crippen LogP contribution in [0.1, 0.15) is 44.9 Å². The van der Waals surface area contributed by atoms with Gasteiger partial charge in [0.1, 0.15) is 36.3 Å². The van der Waals surface area contributed by atoms with E-state index in [9.17, 15) is 93.0 Å². The number of amides is 6. The minimum absolute atomic E-state index is 0.0248. The van der Waals surface area contributed by atoms with E-state index in [1.807, 2.05) is 5.32 Å². The van der Waals surface area contributed by atoms with Gasteiger partial charge in [-0.1, -0.05) is 5.11 Å². The largest absolute Gasteiger partial charge is 0.481 e. The van der Waals surface area contributed by atoms with Gasteiger partial charge in [-0.15, -0.1) is 0 Å². The predicted molar refractivity (Wildman–Crippen MR) is 193 cm³/mol. The highest BCUT2D eigenvalue weighted by Gasteiger charge is 2.36. The molecular formula is C31H43N9O22. The fourth-order valence-electron chi connectivity index (χ4n) is 4.56. The summed E-state index contributed by atoms with van der Waals surface area (Å²) in [4.78, 5) is 160. The van der Waals surface area contributed by atoms with Crippen LogP contribution in [-0.2, 0) is 71.8 Å². The van der Waals surface area contributed by atoms with E-state index < -0.39 is 158 Å². The Bertz CT molecular complexity index is 1750. The fourth-order valence-corrected chi connectivity index (χ4v) is 4.56. The molecule has 6 unspecified atom stereocenters. The maximum atomic E-state index is 13.2. The molecule has 31 heteroatoms. The van der Waals surface area contributed by atoms with Crippen molar-refractivity contribution in [3.05, 3.63) is 10.4 Å². The van der Waals surface area contributed by atoms with Gasteiger partial charge in [0.25, 0.3) is 0 Å². The van der Waals surface area contributed by atoms with E-state index >= 15 is 0 Å². The number of carbonyl (C=O) groups excluding carboxylic acids is 6. The molecular weight excluding hydrogens is 850 g/mol. The summed E-state index contributed by atoms with van der Waals surface area (Å²) in [6, 6.07) is -13.2. The number of nitrogens with one attached hydrogen (secondary N) is 6. The molecule has 0 aliphatic heterocycles. The van der Waals surface area contributed by atoms with Gasteiger partial charge in [0.15, 0.2) is 0 Å². The standard InChI is InChI=1S/C31H43N9O22/c32-40-33-2-4-62-6-5-61-3-1-19(41)34-13(7-20(42)43)26(54)35-14(8-21(44)45)27(55)36-15(9-22(46)47)28(56)37-16(10-23(48)49)29(57)38-17(11-24(50)51)30(58)39-18(31(59)60)12-25(52)53/h13-18H,1-12H2,(H,34,41)(H,35,54)(H,36,55)(H,37,56)(H,38,57)(H,39,58)(H,42,43)(H,44,45)(H,46,47)(H,48,49)(H,50,51)(H,52,53)(H,59,60). The molecule has 0 aromatic rings. The lowest BCUT2D eigenvalue weighted by molar-refractivity contribution is -0.148. The highest BCUT2D eigenvalue weighted by atomic mass is 16.5. The number of hydrogen-bond donors (Lipinski definition) is 13. The molecule has 0 bridgehead atoms. The first kappa shape index (κ1) is 54.3. The molecule has 0 aliphatic carbocycles. The first-order chi connectivity index (χ1) is 29.0. The highest BCUT2D eigenvalue weighted by Crippen LogP contribution is 2.06. The Kier molecular flexibility index (Phi) is 25.2. The van der Waals surface area contributed by atoms with Gasteiger partial charge in [0.2, 0.25) is 35.4 Å². The maximum Gasteiger partial charge on any atom is 0.326 e. The van der Waals surface area contributed by atoms with Gasteiger partial charge in [-0.3, -0.25) is 57.5 Å². The first-order valence-electron chi connectivity index (χ1n) is 17.5. The van der Waals surface area contributed by atoms with Gasteiger partial charge >= 0.3 is 41.8 Å². The molecule has 0 fully saturated rings. The van der Waals surface area contributed by atoms with Gasteiger partial charge in [-0.05, 0) is 5.53 Å². The lowest BCUT2D eigenvalue weighted by atomic mass is 10.1. The molecule has 13 N–H and O–H groups in total. The van der Waals surface area contributed by atoms with Crippen molar-refractivity contribution >= 4 is 77.2 Å².